The summed E-state index contributed by atoms with van der Waals surface area (Å²) in [7, 11) is 0. The van der Waals surface area contributed by atoms with Gasteiger partial charge in [-0.3, -0.25) is 14.4 Å². The van der Waals surface area contributed by atoms with E-state index < -0.39 is 41.6 Å². The Morgan fingerprint density at radius 1 is 1.06 bits per heavy atom. The molecule has 168 valence electrons. The van der Waals surface area contributed by atoms with Crippen LogP contribution in [0.1, 0.15) is 38.7 Å². The Kier molecular flexibility index (Phi) is 6.94. The molecule has 1 saturated heterocycles. The molecule has 1 aliphatic carbocycles. The van der Waals surface area contributed by atoms with Gasteiger partial charge in [-0.1, -0.05) is 43.2 Å². The normalized spacial score (nSPS) is 22.5. The highest BCUT2D eigenvalue weighted by Crippen LogP contribution is 2.34. The molecule has 31 heavy (non-hydrogen) atoms. The van der Waals surface area contributed by atoms with Crippen LogP contribution in [0.25, 0.3) is 0 Å². The number of ketones is 1. The van der Waals surface area contributed by atoms with E-state index in [1.165, 1.54) is 6.92 Å². The van der Waals surface area contributed by atoms with Gasteiger partial charge in [-0.2, -0.15) is 0 Å². The average Bonchev–Trinajstić information content (AvgIpc) is 3.65. The molecular weight excluding hydrogens is 402 g/mol. The molecule has 2 fully saturated rings. The fourth-order valence-electron chi connectivity index (χ4n) is 3.42. The van der Waals surface area contributed by atoms with Crippen LogP contribution < -0.4 is 16.0 Å². The van der Waals surface area contributed by atoms with Gasteiger partial charge in [0.05, 0.1) is 12.6 Å². The summed E-state index contributed by atoms with van der Waals surface area (Å²) < 4.78 is 5.29. The van der Waals surface area contributed by atoms with E-state index >= 15 is 0 Å². The summed E-state index contributed by atoms with van der Waals surface area (Å²) in [6.07, 6.45) is 1.38. The van der Waals surface area contributed by atoms with Crippen molar-refractivity contribution in [3.8, 4) is 0 Å². The highest BCUT2D eigenvalue weighted by atomic mass is 16.6. The van der Waals surface area contributed by atoms with E-state index in [1.54, 1.807) is 6.92 Å². The average molecular weight is 431 g/mol. The van der Waals surface area contributed by atoms with Gasteiger partial charge >= 0.3 is 6.09 Å². The first-order valence-corrected chi connectivity index (χ1v) is 10.5. The molecule has 9 nitrogen and oxygen atoms in total. The van der Waals surface area contributed by atoms with Crippen LogP contribution in [0, 0.1) is 5.92 Å². The van der Waals surface area contributed by atoms with Crippen molar-refractivity contribution in [2.24, 2.45) is 5.92 Å². The highest BCUT2D eigenvalue weighted by Gasteiger charge is 2.50. The van der Waals surface area contributed by atoms with Crippen molar-refractivity contribution in [2.75, 3.05) is 6.61 Å². The van der Waals surface area contributed by atoms with Crippen molar-refractivity contribution in [1.82, 2.24) is 16.0 Å². The largest absolute Gasteiger partial charge is 0.465 e. The number of nitrogens with one attached hydrogen (secondary N) is 3. The first-order chi connectivity index (χ1) is 14.7. The Labute approximate surface area is 180 Å². The van der Waals surface area contributed by atoms with Crippen LogP contribution in [0.15, 0.2) is 30.3 Å². The van der Waals surface area contributed by atoms with Crippen LogP contribution in [0.2, 0.25) is 0 Å². The smallest absolute Gasteiger partial charge is 0.405 e. The number of carbonyl (C=O) groups is 4. The lowest BCUT2D eigenvalue weighted by atomic mass is 9.94. The predicted octanol–water partition coefficient (Wildman–Crippen LogP) is 1.01. The third kappa shape index (κ3) is 6.52. The summed E-state index contributed by atoms with van der Waals surface area (Å²) in [5.74, 6) is -0.929. The van der Waals surface area contributed by atoms with Gasteiger partial charge < -0.3 is 25.8 Å². The molecule has 4 N–H and O–H groups in total. The lowest BCUT2D eigenvalue weighted by Crippen LogP contribution is -2.56. The Morgan fingerprint density at radius 2 is 1.68 bits per heavy atom. The van der Waals surface area contributed by atoms with Gasteiger partial charge in [0, 0.05) is 0 Å². The molecule has 0 aromatic heterocycles. The Balaban J connectivity index is 1.70. The number of Topliss-reactive ketones (excluding diaryl/α,β-unsaturated/α-hetero) is 1. The van der Waals surface area contributed by atoms with E-state index in [0.29, 0.717) is 25.4 Å². The molecule has 1 aliphatic heterocycles. The third-order valence-corrected chi connectivity index (χ3v) is 5.65. The number of amides is 3. The molecule has 2 aliphatic rings. The molecule has 1 saturated carbocycles. The number of ether oxygens (including phenoxy) is 1. The molecule has 3 amide bonds. The van der Waals surface area contributed by atoms with Crippen LogP contribution in [0.3, 0.4) is 0 Å². The molecular formula is C22H29N3O6. The third-order valence-electron chi connectivity index (χ3n) is 5.65. The van der Waals surface area contributed by atoms with Gasteiger partial charge in [0.1, 0.15) is 17.7 Å². The SMILES string of the molecule is CC(NC(=O)O)C(=O)NC(CC1CC1)C(=O)NC(Cc1ccccc1)C(=O)C1(C)CO1. The zero-order chi connectivity index (χ0) is 22.6. The lowest BCUT2D eigenvalue weighted by Gasteiger charge is -2.25. The Morgan fingerprint density at radius 3 is 2.23 bits per heavy atom. The van der Waals surface area contributed by atoms with Gasteiger partial charge in [-0.25, -0.2) is 4.79 Å². The van der Waals surface area contributed by atoms with Crippen LogP contribution in [-0.4, -0.2) is 59.1 Å². The minimum Gasteiger partial charge on any atom is -0.465 e. The van der Waals surface area contributed by atoms with Crippen LogP contribution >= 0.6 is 0 Å². The topological polar surface area (TPSA) is 137 Å². The quantitative estimate of drug-likeness (QED) is 0.386. The maximum Gasteiger partial charge on any atom is 0.405 e. The number of hydrogen-bond donors (Lipinski definition) is 4. The van der Waals surface area contributed by atoms with Gasteiger partial charge in [0.15, 0.2) is 5.78 Å². The first kappa shape index (κ1) is 22.7. The van der Waals surface area contributed by atoms with E-state index in [0.717, 1.165) is 18.4 Å². The van der Waals surface area contributed by atoms with Gasteiger partial charge in [-0.15, -0.1) is 0 Å². The van der Waals surface area contributed by atoms with Gasteiger partial charge in [0.2, 0.25) is 11.8 Å². The summed E-state index contributed by atoms with van der Waals surface area (Å²) in [6, 6.07) is 6.70. The van der Waals surface area contributed by atoms with Crippen LogP contribution in [-0.2, 0) is 25.5 Å². The van der Waals surface area contributed by atoms with E-state index in [1.807, 2.05) is 30.3 Å². The number of carbonyl (C=O) groups excluding carboxylic acids is 3. The van der Waals surface area contributed by atoms with Crippen molar-refractivity contribution in [3.05, 3.63) is 35.9 Å². The minimum atomic E-state index is -1.32. The highest BCUT2D eigenvalue weighted by molar-refractivity contribution is 5.98. The van der Waals surface area contributed by atoms with Crippen molar-refractivity contribution in [1.29, 1.82) is 0 Å². The Bertz CT molecular complexity index is 835. The van der Waals surface area contributed by atoms with Crippen molar-refractivity contribution in [3.63, 3.8) is 0 Å². The molecule has 4 atom stereocenters. The molecule has 1 aromatic rings. The zero-order valence-electron chi connectivity index (χ0n) is 17.7. The number of hydrogen-bond acceptors (Lipinski definition) is 5. The summed E-state index contributed by atoms with van der Waals surface area (Å²) in [5.41, 5.74) is -0.00511. The maximum absolute atomic E-state index is 13.1. The first-order valence-electron chi connectivity index (χ1n) is 10.5. The lowest BCUT2D eigenvalue weighted by molar-refractivity contribution is -0.133. The molecule has 1 aromatic carbocycles. The van der Waals surface area contributed by atoms with E-state index in [4.69, 9.17) is 9.84 Å². The summed E-state index contributed by atoms with van der Waals surface area (Å²) in [4.78, 5) is 49.2. The second-order valence-electron chi connectivity index (χ2n) is 8.55. The summed E-state index contributed by atoms with van der Waals surface area (Å²) in [5, 5.41) is 16.3. The minimum absolute atomic E-state index is 0.206. The zero-order valence-corrected chi connectivity index (χ0v) is 17.7. The maximum atomic E-state index is 13.1. The van der Waals surface area contributed by atoms with Crippen molar-refractivity contribution in [2.45, 2.75) is 63.3 Å². The molecule has 0 bridgehead atoms. The fourth-order valence-corrected chi connectivity index (χ4v) is 3.42. The number of benzene rings is 1. The molecule has 3 rings (SSSR count). The van der Waals surface area contributed by atoms with Crippen molar-refractivity contribution < 1.29 is 29.0 Å². The predicted molar refractivity (Wildman–Crippen MR) is 111 cm³/mol. The van der Waals surface area contributed by atoms with E-state index in [-0.39, 0.29) is 5.78 Å². The van der Waals surface area contributed by atoms with E-state index in [9.17, 15) is 19.2 Å². The molecule has 0 spiro atoms. The van der Waals surface area contributed by atoms with Crippen molar-refractivity contribution >= 4 is 23.7 Å². The molecule has 1 heterocycles. The van der Waals surface area contributed by atoms with Crippen LogP contribution in [0.5, 0.6) is 0 Å². The molecule has 4 unspecified atom stereocenters. The van der Waals surface area contributed by atoms with Gasteiger partial charge in [-0.05, 0) is 38.2 Å². The van der Waals surface area contributed by atoms with Gasteiger partial charge in [0.25, 0.3) is 0 Å². The molecule has 0 radical (unpaired) electrons. The monoisotopic (exact) mass is 431 g/mol. The molecule has 9 heteroatoms. The van der Waals surface area contributed by atoms with E-state index in [2.05, 4.69) is 16.0 Å². The summed E-state index contributed by atoms with van der Waals surface area (Å²) >= 11 is 0. The standard InChI is InChI=1S/C22H29N3O6/c1-13(23-21(29)30)19(27)25-17(11-15-8-9-15)20(28)24-16(18(26)22(2)12-31-22)10-14-6-4-3-5-7-14/h3-7,13,15-17,23H,8-12H2,1-2H3,(H,24,28)(H,25,27)(H,29,30). The summed E-state index contributed by atoms with van der Waals surface area (Å²) in [6.45, 7) is 3.42. The number of rotatable bonds is 11. The Hall–Kier alpha value is -2.94. The number of carboxylic acid groups (broad SMARTS) is 1. The second kappa shape index (κ2) is 9.47. The number of epoxide rings is 1. The van der Waals surface area contributed by atoms with Crippen LogP contribution in [0.4, 0.5) is 4.79 Å². The second-order valence-corrected chi connectivity index (χ2v) is 8.55. The fraction of sp³-hybridized carbons (Fsp3) is 0.545.